The highest BCUT2D eigenvalue weighted by molar-refractivity contribution is 9.10. The Balaban J connectivity index is 2.09. The molecule has 1 unspecified atom stereocenters. The molecule has 0 spiro atoms. The summed E-state index contributed by atoms with van der Waals surface area (Å²) in [7, 11) is 0. The van der Waals surface area contributed by atoms with Gasteiger partial charge in [0.1, 0.15) is 0 Å². The van der Waals surface area contributed by atoms with E-state index in [4.69, 9.17) is 0 Å². The van der Waals surface area contributed by atoms with Crippen LogP contribution < -0.4 is 5.32 Å². The molecule has 1 N–H and O–H groups in total. The van der Waals surface area contributed by atoms with Crippen molar-refractivity contribution in [1.82, 2.24) is 5.32 Å². The predicted octanol–water partition coefficient (Wildman–Crippen LogP) is 3.61. The zero-order chi connectivity index (χ0) is 11.5. The average Bonchev–Trinajstić information content (AvgIpc) is 2.27. The fraction of sp³-hybridized carbons (Fsp3) is 0.571. The lowest BCUT2D eigenvalue weighted by atomic mass is 9.91. The first kappa shape index (κ1) is 12.1. The van der Waals surface area contributed by atoms with Gasteiger partial charge < -0.3 is 5.32 Å². The van der Waals surface area contributed by atoms with Gasteiger partial charge in [0.25, 0.3) is 0 Å². The molecule has 2 heteroatoms. The van der Waals surface area contributed by atoms with Crippen LogP contribution in [0.15, 0.2) is 16.6 Å². The number of hydrogen-bond acceptors (Lipinski definition) is 1. The third-order valence-corrected chi connectivity index (χ3v) is 4.41. The normalized spacial score (nSPS) is 21.1. The van der Waals surface area contributed by atoms with Crippen molar-refractivity contribution in [2.45, 2.75) is 33.1 Å². The van der Waals surface area contributed by atoms with Gasteiger partial charge in [0.05, 0.1) is 0 Å². The lowest BCUT2D eigenvalue weighted by molar-refractivity contribution is 0.376. The van der Waals surface area contributed by atoms with Crippen molar-refractivity contribution in [3.63, 3.8) is 0 Å². The monoisotopic (exact) mass is 281 g/mol. The first-order valence-corrected chi connectivity index (χ1v) is 6.92. The summed E-state index contributed by atoms with van der Waals surface area (Å²) in [6, 6.07) is 4.63. The molecule has 1 aromatic rings. The fourth-order valence-electron chi connectivity index (χ4n) is 2.44. The van der Waals surface area contributed by atoms with Gasteiger partial charge in [-0.05, 0) is 74.9 Å². The molecule has 1 aliphatic heterocycles. The molecule has 1 nitrogen and oxygen atoms in total. The summed E-state index contributed by atoms with van der Waals surface area (Å²) < 4.78 is 1.26. The molecule has 1 aliphatic rings. The highest BCUT2D eigenvalue weighted by Gasteiger charge is 2.14. The Morgan fingerprint density at radius 2 is 2.19 bits per heavy atom. The van der Waals surface area contributed by atoms with Gasteiger partial charge in [-0.2, -0.15) is 0 Å². The first-order chi connectivity index (χ1) is 7.66. The third-order valence-electron chi connectivity index (χ3n) is 3.59. The second kappa shape index (κ2) is 5.33. The molecule has 1 fully saturated rings. The molecule has 2 rings (SSSR count). The topological polar surface area (TPSA) is 12.0 Å². The number of hydrogen-bond donors (Lipinski definition) is 1. The maximum atomic E-state index is 3.65. The van der Waals surface area contributed by atoms with E-state index in [9.17, 15) is 0 Å². The molecule has 0 aliphatic carbocycles. The van der Waals surface area contributed by atoms with E-state index >= 15 is 0 Å². The first-order valence-electron chi connectivity index (χ1n) is 6.13. The second-order valence-corrected chi connectivity index (χ2v) is 5.79. The largest absolute Gasteiger partial charge is 0.316 e. The molecule has 88 valence electrons. The maximum absolute atomic E-state index is 3.65. The third kappa shape index (κ3) is 2.86. The minimum atomic E-state index is 0.822. The van der Waals surface area contributed by atoms with Crippen LogP contribution in [0.2, 0.25) is 0 Å². The number of rotatable bonds is 2. The summed E-state index contributed by atoms with van der Waals surface area (Å²) in [4.78, 5) is 0. The summed E-state index contributed by atoms with van der Waals surface area (Å²) in [5, 5.41) is 3.48. The fourth-order valence-corrected chi connectivity index (χ4v) is 3.04. The standard InChI is InChI=1S/C14H20BrN/c1-10-6-13(8-14(15)11(10)2)7-12-4-3-5-16-9-12/h6,8,12,16H,3-5,7,9H2,1-2H3. The van der Waals surface area contributed by atoms with Crippen LogP contribution in [-0.4, -0.2) is 13.1 Å². The van der Waals surface area contributed by atoms with Gasteiger partial charge in [-0.3, -0.25) is 0 Å². The van der Waals surface area contributed by atoms with E-state index in [1.165, 1.54) is 53.5 Å². The van der Waals surface area contributed by atoms with Gasteiger partial charge in [-0.15, -0.1) is 0 Å². The number of aryl methyl sites for hydroxylation is 1. The molecule has 1 atom stereocenters. The Bertz CT molecular complexity index is 344. The molecule has 16 heavy (non-hydrogen) atoms. The smallest absolute Gasteiger partial charge is 0.0209 e. The molecule has 0 aromatic heterocycles. The van der Waals surface area contributed by atoms with Crippen molar-refractivity contribution in [2.24, 2.45) is 5.92 Å². The molecule has 0 saturated carbocycles. The molecule has 0 amide bonds. The van der Waals surface area contributed by atoms with E-state index in [1.54, 1.807) is 0 Å². The molecular weight excluding hydrogens is 262 g/mol. The van der Waals surface area contributed by atoms with E-state index in [2.05, 4.69) is 47.2 Å². The zero-order valence-electron chi connectivity index (χ0n) is 10.1. The Labute approximate surface area is 107 Å². The average molecular weight is 282 g/mol. The van der Waals surface area contributed by atoms with E-state index in [0.29, 0.717) is 0 Å². The molecule has 0 radical (unpaired) electrons. The highest BCUT2D eigenvalue weighted by atomic mass is 79.9. The lowest BCUT2D eigenvalue weighted by Gasteiger charge is -2.23. The van der Waals surface area contributed by atoms with Crippen molar-refractivity contribution >= 4 is 15.9 Å². The minimum Gasteiger partial charge on any atom is -0.316 e. The van der Waals surface area contributed by atoms with E-state index in [0.717, 1.165) is 5.92 Å². The lowest BCUT2D eigenvalue weighted by Crippen LogP contribution is -2.30. The van der Waals surface area contributed by atoms with Gasteiger partial charge in [-0.1, -0.05) is 22.0 Å². The van der Waals surface area contributed by atoms with Gasteiger partial charge in [0, 0.05) is 4.47 Å². The molecule has 1 heterocycles. The van der Waals surface area contributed by atoms with Gasteiger partial charge >= 0.3 is 0 Å². The van der Waals surface area contributed by atoms with Crippen molar-refractivity contribution in [3.8, 4) is 0 Å². The van der Waals surface area contributed by atoms with E-state index < -0.39 is 0 Å². The van der Waals surface area contributed by atoms with Crippen LogP contribution in [0.5, 0.6) is 0 Å². The van der Waals surface area contributed by atoms with Crippen LogP contribution in [0.25, 0.3) is 0 Å². The van der Waals surface area contributed by atoms with Crippen LogP contribution in [0.4, 0.5) is 0 Å². The molecule has 0 bridgehead atoms. The van der Waals surface area contributed by atoms with Gasteiger partial charge in [-0.25, -0.2) is 0 Å². The van der Waals surface area contributed by atoms with Crippen molar-refractivity contribution in [2.75, 3.05) is 13.1 Å². The summed E-state index contributed by atoms with van der Waals surface area (Å²) in [6.07, 6.45) is 3.92. The predicted molar refractivity (Wildman–Crippen MR) is 72.9 cm³/mol. The summed E-state index contributed by atoms with van der Waals surface area (Å²) in [6.45, 7) is 6.76. The zero-order valence-corrected chi connectivity index (χ0v) is 11.7. The molecule has 1 saturated heterocycles. The van der Waals surface area contributed by atoms with Crippen LogP contribution in [-0.2, 0) is 6.42 Å². The van der Waals surface area contributed by atoms with Gasteiger partial charge in [0.2, 0.25) is 0 Å². The number of nitrogens with one attached hydrogen (secondary N) is 1. The second-order valence-electron chi connectivity index (χ2n) is 4.94. The molecular formula is C14H20BrN. The summed E-state index contributed by atoms with van der Waals surface area (Å²) in [5.41, 5.74) is 4.24. The number of piperidine rings is 1. The van der Waals surface area contributed by atoms with Crippen LogP contribution in [0.1, 0.15) is 29.5 Å². The van der Waals surface area contributed by atoms with E-state index in [-0.39, 0.29) is 0 Å². The van der Waals surface area contributed by atoms with Crippen molar-refractivity contribution < 1.29 is 0 Å². The van der Waals surface area contributed by atoms with Crippen LogP contribution in [0, 0.1) is 19.8 Å². The quantitative estimate of drug-likeness (QED) is 0.873. The Morgan fingerprint density at radius 1 is 1.38 bits per heavy atom. The van der Waals surface area contributed by atoms with Crippen LogP contribution in [0.3, 0.4) is 0 Å². The Kier molecular flexibility index (Phi) is 4.04. The number of benzene rings is 1. The van der Waals surface area contributed by atoms with Crippen LogP contribution >= 0.6 is 15.9 Å². The van der Waals surface area contributed by atoms with Crippen molar-refractivity contribution in [3.05, 3.63) is 33.3 Å². The Hall–Kier alpha value is -0.340. The van der Waals surface area contributed by atoms with Gasteiger partial charge in [0.15, 0.2) is 0 Å². The highest BCUT2D eigenvalue weighted by Crippen LogP contribution is 2.24. The summed E-state index contributed by atoms with van der Waals surface area (Å²) >= 11 is 3.65. The number of halogens is 1. The van der Waals surface area contributed by atoms with E-state index in [1.807, 2.05) is 0 Å². The Morgan fingerprint density at radius 3 is 2.81 bits per heavy atom. The maximum Gasteiger partial charge on any atom is 0.0209 e. The van der Waals surface area contributed by atoms with Crippen molar-refractivity contribution in [1.29, 1.82) is 0 Å². The summed E-state index contributed by atoms with van der Waals surface area (Å²) in [5.74, 6) is 0.822. The minimum absolute atomic E-state index is 0.822. The molecule has 1 aromatic carbocycles. The SMILES string of the molecule is Cc1cc(CC2CCCNC2)cc(Br)c1C.